The number of ketones is 1. The Hall–Kier alpha value is -1.16. The van der Waals surface area contributed by atoms with Gasteiger partial charge in [0.15, 0.2) is 4.96 Å². The van der Waals surface area contributed by atoms with Gasteiger partial charge in [-0.05, 0) is 6.42 Å². The molecule has 0 radical (unpaired) electrons. The average molecular weight is 208 g/mol. The number of carbonyl (C=O) groups excluding carboxylic acids is 1. The maximum Gasteiger partial charge on any atom is 0.193 e. The molecule has 0 aliphatic heterocycles. The predicted octanol–water partition coefficient (Wildman–Crippen LogP) is 2.31. The van der Waals surface area contributed by atoms with Crippen molar-refractivity contribution >= 4 is 22.1 Å². The van der Waals surface area contributed by atoms with Crippen LogP contribution in [0.5, 0.6) is 0 Å². The molecule has 0 aromatic carbocycles. The van der Waals surface area contributed by atoms with Crippen molar-refractivity contribution in [3.63, 3.8) is 0 Å². The second-order valence-electron chi connectivity index (χ2n) is 3.29. The highest BCUT2D eigenvalue weighted by Gasteiger charge is 2.06. The molecule has 2 rings (SSSR count). The molecule has 74 valence electrons. The van der Waals surface area contributed by atoms with Crippen LogP contribution in [0, 0.1) is 0 Å². The highest BCUT2D eigenvalue weighted by Crippen LogP contribution is 2.12. The quantitative estimate of drug-likeness (QED) is 0.772. The fourth-order valence-corrected chi connectivity index (χ4v) is 2.15. The minimum atomic E-state index is 0.276. The number of nitrogens with zero attached hydrogens (tertiary/aromatic N) is 2. The van der Waals surface area contributed by atoms with Gasteiger partial charge in [-0.3, -0.25) is 9.20 Å². The van der Waals surface area contributed by atoms with E-state index < -0.39 is 0 Å². The summed E-state index contributed by atoms with van der Waals surface area (Å²) < 4.78 is 1.96. The van der Waals surface area contributed by atoms with Crippen molar-refractivity contribution in [3.05, 3.63) is 23.5 Å². The topological polar surface area (TPSA) is 34.4 Å². The number of fused-ring (bicyclic) bond motifs is 1. The summed E-state index contributed by atoms with van der Waals surface area (Å²) in [7, 11) is 0. The fourth-order valence-electron chi connectivity index (χ4n) is 1.43. The lowest BCUT2D eigenvalue weighted by molar-refractivity contribution is -0.118. The summed E-state index contributed by atoms with van der Waals surface area (Å²) in [5, 5.41) is 1.99. The van der Waals surface area contributed by atoms with Crippen molar-refractivity contribution in [2.24, 2.45) is 0 Å². The van der Waals surface area contributed by atoms with E-state index >= 15 is 0 Å². The van der Waals surface area contributed by atoms with Crippen LogP contribution in [0.15, 0.2) is 17.8 Å². The van der Waals surface area contributed by atoms with Crippen LogP contribution in [0.1, 0.15) is 25.5 Å². The van der Waals surface area contributed by atoms with Crippen molar-refractivity contribution in [1.29, 1.82) is 0 Å². The Labute approximate surface area is 86.4 Å². The van der Waals surface area contributed by atoms with Gasteiger partial charge in [-0.2, -0.15) is 0 Å². The van der Waals surface area contributed by atoms with E-state index in [0.717, 1.165) is 17.1 Å². The number of rotatable bonds is 4. The lowest BCUT2D eigenvalue weighted by atomic mass is 10.1. The Kier molecular flexibility index (Phi) is 2.63. The summed E-state index contributed by atoms with van der Waals surface area (Å²) in [5.41, 5.74) is 0.885. The van der Waals surface area contributed by atoms with Gasteiger partial charge in [-0.15, -0.1) is 11.3 Å². The molecule has 2 aromatic rings. The third-order valence-electron chi connectivity index (χ3n) is 2.05. The molecule has 0 N–H and O–H groups in total. The molecule has 14 heavy (non-hydrogen) atoms. The number of imidazole rings is 1. The monoisotopic (exact) mass is 208 g/mol. The van der Waals surface area contributed by atoms with Gasteiger partial charge in [0.1, 0.15) is 5.78 Å². The largest absolute Gasteiger partial charge is 0.299 e. The smallest absolute Gasteiger partial charge is 0.193 e. The lowest BCUT2D eigenvalue weighted by Crippen LogP contribution is -2.01. The molecule has 0 unspecified atom stereocenters. The first-order valence-electron chi connectivity index (χ1n) is 4.72. The normalized spacial score (nSPS) is 10.9. The maximum atomic E-state index is 11.4. The van der Waals surface area contributed by atoms with Crippen LogP contribution in [0.2, 0.25) is 0 Å². The van der Waals surface area contributed by atoms with E-state index in [0.29, 0.717) is 12.8 Å². The summed E-state index contributed by atoms with van der Waals surface area (Å²) in [5.74, 6) is 0.276. The summed E-state index contributed by atoms with van der Waals surface area (Å²) in [4.78, 5) is 16.7. The summed E-state index contributed by atoms with van der Waals surface area (Å²) in [6.45, 7) is 2.02. The molecule has 2 heterocycles. The van der Waals surface area contributed by atoms with Gasteiger partial charge < -0.3 is 0 Å². The van der Waals surface area contributed by atoms with Gasteiger partial charge in [0, 0.05) is 24.2 Å². The van der Waals surface area contributed by atoms with Gasteiger partial charge in [0.2, 0.25) is 0 Å². The molecule has 0 bridgehead atoms. The third-order valence-corrected chi connectivity index (χ3v) is 2.82. The Morgan fingerprint density at radius 3 is 3.21 bits per heavy atom. The Morgan fingerprint density at radius 2 is 2.50 bits per heavy atom. The first-order chi connectivity index (χ1) is 6.79. The second-order valence-corrected chi connectivity index (χ2v) is 4.16. The van der Waals surface area contributed by atoms with Gasteiger partial charge in [-0.1, -0.05) is 6.92 Å². The first kappa shape index (κ1) is 9.40. The zero-order chi connectivity index (χ0) is 9.97. The number of aromatic nitrogens is 2. The second kappa shape index (κ2) is 3.92. The molecule has 2 aromatic heterocycles. The van der Waals surface area contributed by atoms with Crippen LogP contribution < -0.4 is 0 Å². The molecule has 3 nitrogen and oxygen atoms in total. The minimum Gasteiger partial charge on any atom is -0.299 e. The van der Waals surface area contributed by atoms with Gasteiger partial charge in [-0.25, -0.2) is 4.98 Å². The molecule has 0 atom stereocenters. The first-order valence-corrected chi connectivity index (χ1v) is 5.60. The fraction of sp³-hybridized carbons (Fsp3) is 0.400. The number of Topliss-reactive ketones (excluding diaryl/α,β-unsaturated/α-hetero) is 1. The van der Waals surface area contributed by atoms with Crippen LogP contribution in [0.4, 0.5) is 0 Å². The molecule has 0 fully saturated rings. The summed E-state index contributed by atoms with van der Waals surface area (Å²) >= 11 is 1.59. The predicted molar refractivity (Wildman–Crippen MR) is 56.7 cm³/mol. The lowest BCUT2D eigenvalue weighted by Gasteiger charge is -1.93. The van der Waals surface area contributed by atoms with Crippen molar-refractivity contribution in [3.8, 4) is 0 Å². The van der Waals surface area contributed by atoms with E-state index in [1.54, 1.807) is 11.3 Å². The molecule has 0 amide bonds. The molecule has 4 heteroatoms. The Balaban J connectivity index is 2.11. The van der Waals surface area contributed by atoms with Crippen molar-refractivity contribution in [2.45, 2.75) is 26.2 Å². The number of hydrogen-bond acceptors (Lipinski definition) is 3. The Bertz CT molecular complexity index is 415. The zero-order valence-electron chi connectivity index (χ0n) is 8.06. The van der Waals surface area contributed by atoms with E-state index in [-0.39, 0.29) is 5.78 Å². The van der Waals surface area contributed by atoms with Crippen LogP contribution in [0.3, 0.4) is 0 Å². The molecule has 0 spiro atoms. The minimum absolute atomic E-state index is 0.276. The van der Waals surface area contributed by atoms with E-state index in [1.807, 2.05) is 29.1 Å². The Morgan fingerprint density at radius 1 is 1.64 bits per heavy atom. The molecule has 0 saturated heterocycles. The van der Waals surface area contributed by atoms with E-state index in [1.165, 1.54) is 0 Å². The van der Waals surface area contributed by atoms with Crippen LogP contribution in [-0.2, 0) is 11.2 Å². The molecule has 0 aliphatic rings. The van der Waals surface area contributed by atoms with Gasteiger partial charge in [0.25, 0.3) is 0 Å². The van der Waals surface area contributed by atoms with Crippen LogP contribution in [-0.4, -0.2) is 15.2 Å². The van der Waals surface area contributed by atoms with E-state index in [4.69, 9.17) is 0 Å². The maximum absolute atomic E-state index is 11.4. The average Bonchev–Trinajstić information content (AvgIpc) is 2.63. The molecule has 0 saturated carbocycles. The van der Waals surface area contributed by atoms with Crippen molar-refractivity contribution < 1.29 is 4.79 Å². The van der Waals surface area contributed by atoms with Crippen molar-refractivity contribution in [1.82, 2.24) is 9.38 Å². The summed E-state index contributed by atoms with van der Waals surface area (Å²) in [6, 6.07) is 0. The van der Waals surface area contributed by atoms with Crippen LogP contribution >= 0.6 is 11.3 Å². The van der Waals surface area contributed by atoms with Gasteiger partial charge >= 0.3 is 0 Å². The zero-order valence-corrected chi connectivity index (χ0v) is 8.88. The van der Waals surface area contributed by atoms with E-state index in [9.17, 15) is 4.79 Å². The third kappa shape index (κ3) is 1.85. The highest BCUT2D eigenvalue weighted by atomic mass is 32.1. The number of carbonyl (C=O) groups is 1. The highest BCUT2D eigenvalue weighted by molar-refractivity contribution is 7.15. The SMILES string of the molecule is CCCC(=O)Cc1cn2ccsc2n1. The number of thiazole rings is 1. The molecular weight excluding hydrogens is 196 g/mol. The number of hydrogen-bond donors (Lipinski definition) is 0. The standard InChI is InChI=1S/C10H12N2OS/c1-2-3-9(13)6-8-7-12-4-5-14-10(12)11-8/h4-5,7H,2-3,6H2,1H3. The van der Waals surface area contributed by atoms with Crippen LogP contribution in [0.25, 0.3) is 4.96 Å². The van der Waals surface area contributed by atoms with Gasteiger partial charge in [0.05, 0.1) is 12.1 Å². The van der Waals surface area contributed by atoms with E-state index in [2.05, 4.69) is 4.98 Å². The molecular formula is C10H12N2OS. The summed E-state index contributed by atoms with van der Waals surface area (Å²) in [6.07, 6.45) is 5.94. The molecule has 0 aliphatic carbocycles. The van der Waals surface area contributed by atoms with Crippen molar-refractivity contribution in [2.75, 3.05) is 0 Å².